The molecule has 5 nitrogen and oxygen atoms in total. The second kappa shape index (κ2) is 7.57. The molecular weight excluding hydrogens is 318 g/mol. The Morgan fingerprint density at radius 3 is 2.68 bits per heavy atom. The molecule has 0 unspecified atom stereocenters. The van der Waals surface area contributed by atoms with Gasteiger partial charge in [-0.15, -0.1) is 0 Å². The van der Waals surface area contributed by atoms with Crippen LogP contribution in [-0.2, 0) is 4.74 Å². The Kier molecular flexibility index (Phi) is 5.24. The zero-order chi connectivity index (χ0) is 17.8. The van der Waals surface area contributed by atoms with Gasteiger partial charge in [0.05, 0.1) is 12.7 Å². The lowest BCUT2D eigenvalue weighted by Crippen LogP contribution is -2.34. The maximum absolute atomic E-state index is 11.4. The molecule has 1 aliphatic rings. The van der Waals surface area contributed by atoms with Crippen LogP contribution in [0.15, 0.2) is 48.5 Å². The number of esters is 1. The predicted molar refractivity (Wildman–Crippen MR) is 96.4 cm³/mol. The maximum Gasteiger partial charge on any atom is 0.337 e. The normalized spacial score (nSPS) is 17.1. The fraction of sp³-hybridized carbons (Fsp3) is 0.350. The highest BCUT2D eigenvalue weighted by Crippen LogP contribution is 2.35. The predicted octanol–water partition coefficient (Wildman–Crippen LogP) is 2.84. The molecule has 2 atom stereocenters. The van der Waals surface area contributed by atoms with Crippen molar-refractivity contribution < 1.29 is 19.4 Å². The quantitative estimate of drug-likeness (QED) is 0.819. The number of hydrogen-bond acceptors (Lipinski definition) is 5. The number of aliphatic hydroxyl groups is 1. The minimum atomic E-state index is -0.598. The average molecular weight is 341 g/mol. The van der Waals surface area contributed by atoms with Crippen LogP contribution in [0.3, 0.4) is 0 Å². The first-order chi connectivity index (χ1) is 12.1. The van der Waals surface area contributed by atoms with Gasteiger partial charge in [0.25, 0.3) is 0 Å². The highest BCUT2D eigenvalue weighted by molar-refractivity contribution is 5.89. The molecule has 1 N–H and O–H groups in total. The monoisotopic (exact) mass is 341 g/mol. The SMILES string of the molecule is COC(=O)c1ccc(OC[C@H](O)CN2C[C@@H](C)c3ccccc32)cc1. The largest absolute Gasteiger partial charge is 0.491 e. The van der Waals surface area contributed by atoms with Gasteiger partial charge in [0.15, 0.2) is 0 Å². The van der Waals surface area contributed by atoms with Gasteiger partial charge in [-0.3, -0.25) is 0 Å². The summed E-state index contributed by atoms with van der Waals surface area (Å²) < 4.78 is 10.3. The number of β-amino-alcohol motifs (C(OH)–C–C–N with tert-alkyl or cyclic N) is 1. The van der Waals surface area contributed by atoms with E-state index in [4.69, 9.17) is 4.74 Å². The van der Waals surface area contributed by atoms with Crippen molar-refractivity contribution in [2.24, 2.45) is 0 Å². The van der Waals surface area contributed by atoms with Crippen molar-refractivity contribution in [3.05, 3.63) is 59.7 Å². The van der Waals surface area contributed by atoms with Gasteiger partial charge in [0, 0.05) is 24.7 Å². The standard InChI is InChI=1S/C20H23NO4/c1-14-11-21(19-6-4-3-5-18(14)19)12-16(22)13-25-17-9-7-15(8-10-17)20(23)24-2/h3-10,14,16,22H,11-13H2,1-2H3/t14-,16-/m1/s1. The molecule has 0 aliphatic carbocycles. The number of anilines is 1. The highest BCUT2D eigenvalue weighted by atomic mass is 16.5. The van der Waals surface area contributed by atoms with Crippen molar-refractivity contribution in [1.82, 2.24) is 0 Å². The molecule has 1 heterocycles. The van der Waals surface area contributed by atoms with Gasteiger partial charge in [0.1, 0.15) is 18.5 Å². The van der Waals surface area contributed by atoms with E-state index < -0.39 is 6.10 Å². The molecule has 3 rings (SSSR count). The lowest BCUT2D eigenvalue weighted by Gasteiger charge is -2.23. The van der Waals surface area contributed by atoms with Crippen molar-refractivity contribution in [3.8, 4) is 5.75 Å². The number of benzene rings is 2. The lowest BCUT2D eigenvalue weighted by molar-refractivity contribution is 0.0600. The Morgan fingerprint density at radius 2 is 1.96 bits per heavy atom. The van der Waals surface area contributed by atoms with Crippen LogP contribution in [0.5, 0.6) is 5.75 Å². The molecule has 0 saturated carbocycles. The summed E-state index contributed by atoms with van der Waals surface area (Å²) in [6, 6.07) is 15.0. The van der Waals surface area contributed by atoms with Crippen molar-refractivity contribution in [1.29, 1.82) is 0 Å². The molecule has 5 heteroatoms. The summed E-state index contributed by atoms with van der Waals surface area (Å²) in [5, 5.41) is 10.3. The van der Waals surface area contributed by atoms with E-state index in [1.807, 2.05) is 6.07 Å². The topological polar surface area (TPSA) is 59.0 Å². The molecule has 0 fully saturated rings. The molecule has 2 aromatic carbocycles. The summed E-state index contributed by atoms with van der Waals surface area (Å²) in [4.78, 5) is 13.6. The van der Waals surface area contributed by atoms with Crippen LogP contribution < -0.4 is 9.64 Å². The number of para-hydroxylation sites is 1. The summed E-state index contributed by atoms with van der Waals surface area (Å²) in [7, 11) is 1.35. The van der Waals surface area contributed by atoms with Gasteiger partial charge < -0.3 is 19.5 Å². The molecule has 0 amide bonds. The van der Waals surface area contributed by atoms with Gasteiger partial charge in [0.2, 0.25) is 0 Å². The van der Waals surface area contributed by atoms with E-state index in [1.54, 1.807) is 24.3 Å². The Morgan fingerprint density at radius 1 is 1.24 bits per heavy atom. The number of carbonyl (C=O) groups excluding carboxylic acids is 1. The summed E-state index contributed by atoms with van der Waals surface area (Å²) in [6.07, 6.45) is -0.598. The van der Waals surface area contributed by atoms with Gasteiger partial charge in [-0.2, -0.15) is 0 Å². The number of ether oxygens (including phenoxy) is 2. The zero-order valence-corrected chi connectivity index (χ0v) is 14.5. The van der Waals surface area contributed by atoms with E-state index in [0.29, 0.717) is 23.8 Å². The van der Waals surface area contributed by atoms with E-state index in [-0.39, 0.29) is 12.6 Å². The second-order valence-corrected chi connectivity index (χ2v) is 6.35. The number of nitrogens with zero attached hydrogens (tertiary/aromatic N) is 1. The van der Waals surface area contributed by atoms with Crippen molar-refractivity contribution in [3.63, 3.8) is 0 Å². The van der Waals surface area contributed by atoms with Gasteiger partial charge >= 0.3 is 5.97 Å². The Labute approximate surface area is 147 Å². The van der Waals surface area contributed by atoms with Crippen LogP contribution in [-0.4, -0.2) is 44.0 Å². The van der Waals surface area contributed by atoms with E-state index in [1.165, 1.54) is 18.4 Å². The molecule has 0 bridgehead atoms. The van der Waals surface area contributed by atoms with Crippen molar-refractivity contribution in [2.45, 2.75) is 18.9 Å². The molecule has 2 aromatic rings. The first-order valence-corrected chi connectivity index (χ1v) is 8.41. The molecule has 0 spiro atoms. The van der Waals surface area contributed by atoms with E-state index >= 15 is 0 Å². The number of rotatable bonds is 6. The highest BCUT2D eigenvalue weighted by Gasteiger charge is 2.26. The average Bonchev–Trinajstić information content (AvgIpc) is 2.96. The Hall–Kier alpha value is -2.53. The van der Waals surface area contributed by atoms with Gasteiger partial charge in [-0.25, -0.2) is 4.79 Å². The van der Waals surface area contributed by atoms with Crippen LogP contribution in [0.1, 0.15) is 28.8 Å². The summed E-state index contributed by atoms with van der Waals surface area (Å²) in [6.45, 7) is 3.83. The molecule has 0 radical (unpaired) electrons. The fourth-order valence-electron chi connectivity index (χ4n) is 3.20. The van der Waals surface area contributed by atoms with E-state index in [0.717, 1.165) is 6.54 Å². The third-order valence-corrected chi connectivity index (χ3v) is 4.45. The third kappa shape index (κ3) is 3.94. The summed E-state index contributed by atoms with van der Waals surface area (Å²) >= 11 is 0. The van der Waals surface area contributed by atoms with Gasteiger partial charge in [-0.1, -0.05) is 25.1 Å². The third-order valence-electron chi connectivity index (χ3n) is 4.45. The number of carbonyl (C=O) groups is 1. The molecule has 0 saturated heterocycles. The Balaban J connectivity index is 1.54. The minimum Gasteiger partial charge on any atom is -0.491 e. The van der Waals surface area contributed by atoms with Crippen molar-refractivity contribution >= 4 is 11.7 Å². The molecule has 132 valence electrons. The van der Waals surface area contributed by atoms with Crippen molar-refractivity contribution in [2.75, 3.05) is 31.7 Å². The Bertz CT molecular complexity index is 729. The molecule has 1 aliphatic heterocycles. The smallest absolute Gasteiger partial charge is 0.337 e. The number of fused-ring (bicyclic) bond motifs is 1. The number of methoxy groups -OCH3 is 1. The van der Waals surface area contributed by atoms with Crippen LogP contribution in [0.25, 0.3) is 0 Å². The van der Waals surface area contributed by atoms with Crippen LogP contribution >= 0.6 is 0 Å². The second-order valence-electron chi connectivity index (χ2n) is 6.35. The van der Waals surface area contributed by atoms with E-state index in [2.05, 4.69) is 34.8 Å². The molecular formula is C20H23NO4. The zero-order valence-electron chi connectivity index (χ0n) is 14.5. The molecule has 0 aromatic heterocycles. The fourth-order valence-corrected chi connectivity index (χ4v) is 3.20. The van der Waals surface area contributed by atoms with Crippen LogP contribution in [0.2, 0.25) is 0 Å². The lowest BCUT2D eigenvalue weighted by atomic mass is 10.0. The number of hydrogen-bond donors (Lipinski definition) is 1. The summed E-state index contributed by atoms with van der Waals surface area (Å²) in [5.41, 5.74) is 2.99. The maximum atomic E-state index is 11.4. The number of aliphatic hydroxyl groups excluding tert-OH is 1. The van der Waals surface area contributed by atoms with E-state index in [9.17, 15) is 9.90 Å². The first kappa shape index (κ1) is 17.3. The molecule has 25 heavy (non-hydrogen) atoms. The van der Waals surface area contributed by atoms with Crippen LogP contribution in [0, 0.1) is 0 Å². The van der Waals surface area contributed by atoms with Gasteiger partial charge in [-0.05, 0) is 35.9 Å². The summed E-state index contributed by atoms with van der Waals surface area (Å²) in [5.74, 6) is 0.700. The minimum absolute atomic E-state index is 0.199. The first-order valence-electron chi connectivity index (χ1n) is 8.41. The van der Waals surface area contributed by atoms with Crippen LogP contribution in [0.4, 0.5) is 5.69 Å².